The molecule has 0 N–H and O–H groups in total. The van der Waals surface area contributed by atoms with Crippen LogP contribution in [0.2, 0.25) is 0 Å². The topological polar surface area (TPSA) is 26.3 Å². The molecule has 0 aliphatic heterocycles. The van der Waals surface area contributed by atoms with Crippen LogP contribution in [0, 0.1) is 5.41 Å². The summed E-state index contributed by atoms with van der Waals surface area (Å²) in [6.45, 7) is 13.7. The van der Waals surface area contributed by atoms with Gasteiger partial charge in [-0.05, 0) is 61.3 Å². The average molecular weight is 226 g/mol. The minimum Gasteiger partial charge on any atom is -0.460 e. The fourth-order valence-corrected chi connectivity index (χ4v) is 1.24. The maximum absolute atomic E-state index is 11.9. The van der Waals surface area contributed by atoms with E-state index in [4.69, 9.17) is 4.74 Å². The number of carbonyl (C=O) groups is 1. The maximum atomic E-state index is 11.9. The Hall–Kier alpha value is -0.790. The first kappa shape index (κ1) is 15.2. The van der Waals surface area contributed by atoms with Gasteiger partial charge in [0.2, 0.25) is 0 Å². The summed E-state index contributed by atoms with van der Waals surface area (Å²) in [7, 11) is 0. The van der Waals surface area contributed by atoms with Gasteiger partial charge in [0, 0.05) is 0 Å². The third-order valence-electron chi connectivity index (χ3n) is 2.27. The normalized spacial score (nSPS) is 12.2. The predicted octanol–water partition coefficient (Wildman–Crippen LogP) is 4.10. The fraction of sp³-hybridized carbons (Fsp3) is 0.786. The third-order valence-corrected chi connectivity index (χ3v) is 2.27. The fourth-order valence-electron chi connectivity index (χ4n) is 1.24. The van der Waals surface area contributed by atoms with E-state index >= 15 is 0 Å². The first-order valence-corrected chi connectivity index (χ1v) is 5.91. The summed E-state index contributed by atoms with van der Waals surface area (Å²) in [5.41, 5.74) is 0.490. The molecule has 0 saturated carbocycles. The zero-order valence-corrected chi connectivity index (χ0v) is 11.8. The van der Waals surface area contributed by atoms with Crippen LogP contribution < -0.4 is 0 Å². The Morgan fingerprint density at radius 1 is 1.12 bits per heavy atom. The summed E-state index contributed by atoms with van der Waals surface area (Å²) in [6, 6.07) is 0. The molecule has 0 spiro atoms. The predicted molar refractivity (Wildman–Crippen MR) is 68.3 cm³/mol. The van der Waals surface area contributed by atoms with E-state index < -0.39 is 11.0 Å². The number of ether oxygens (including phenoxy) is 1. The second-order valence-electron chi connectivity index (χ2n) is 6.21. The van der Waals surface area contributed by atoms with Gasteiger partial charge < -0.3 is 4.74 Å². The first-order chi connectivity index (χ1) is 7.04. The van der Waals surface area contributed by atoms with Crippen molar-refractivity contribution in [1.29, 1.82) is 0 Å². The van der Waals surface area contributed by atoms with E-state index in [0.717, 1.165) is 12.8 Å². The van der Waals surface area contributed by atoms with Gasteiger partial charge in [-0.3, -0.25) is 4.79 Å². The highest BCUT2D eigenvalue weighted by Gasteiger charge is 2.31. The summed E-state index contributed by atoms with van der Waals surface area (Å²) < 4.78 is 5.40. The molecule has 16 heavy (non-hydrogen) atoms. The summed E-state index contributed by atoms with van der Waals surface area (Å²) in [5, 5.41) is 0. The molecule has 0 heterocycles. The number of esters is 1. The lowest BCUT2D eigenvalue weighted by atomic mass is 9.87. The molecule has 0 aromatic rings. The summed E-state index contributed by atoms with van der Waals surface area (Å²) in [4.78, 5) is 11.9. The second-order valence-corrected chi connectivity index (χ2v) is 6.21. The minimum absolute atomic E-state index is 0.109. The van der Waals surface area contributed by atoms with Crippen molar-refractivity contribution < 1.29 is 9.53 Å². The lowest BCUT2D eigenvalue weighted by Gasteiger charge is -2.28. The van der Waals surface area contributed by atoms with E-state index in [1.54, 1.807) is 0 Å². The molecule has 0 atom stereocenters. The number of carbonyl (C=O) groups excluding carboxylic acids is 1. The SMILES string of the molecule is CC(C)=CCCC(C)(C)C(=O)OC(C)(C)C. The Labute approximate surface area is 100 Å². The molecule has 94 valence electrons. The number of rotatable bonds is 4. The van der Waals surface area contributed by atoms with Crippen LogP contribution in [0.15, 0.2) is 11.6 Å². The molecular weight excluding hydrogens is 200 g/mol. The Balaban J connectivity index is 4.32. The van der Waals surface area contributed by atoms with Crippen LogP contribution in [0.5, 0.6) is 0 Å². The van der Waals surface area contributed by atoms with E-state index in [9.17, 15) is 4.79 Å². The molecule has 0 aliphatic carbocycles. The van der Waals surface area contributed by atoms with Gasteiger partial charge in [-0.15, -0.1) is 0 Å². The van der Waals surface area contributed by atoms with E-state index in [-0.39, 0.29) is 5.97 Å². The minimum atomic E-state index is -0.404. The van der Waals surface area contributed by atoms with Crippen molar-refractivity contribution in [2.75, 3.05) is 0 Å². The molecule has 0 amide bonds. The average Bonchev–Trinajstić information content (AvgIpc) is 1.99. The molecule has 2 heteroatoms. The second kappa shape index (κ2) is 5.51. The summed E-state index contributed by atoms with van der Waals surface area (Å²) in [5.74, 6) is -0.109. The van der Waals surface area contributed by atoms with Crippen LogP contribution in [0.25, 0.3) is 0 Å². The van der Waals surface area contributed by atoms with Crippen molar-refractivity contribution in [2.24, 2.45) is 5.41 Å². The van der Waals surface area contributed by atoms with Crippen molar-refractivity contribution in [2.45, 2.75) is 66.9 Å². The first-order valence-electron chi connectivity index (χ1n) is 5.91. The van der Waals surface area contributed by atoms with E-state index in [2.05, 4.69) is 19.9 Å². The van der Waals surface area contributed by atoms with Crippen molar-refractivity contribution >= 4 is 5.97 Å². The lowest BCUT2D eigenvalue weighted by Crippen LogP contribution is -2.33. The number of allylic oxidation sites excluding steroid dienone is 2. The Bertz CT molecular complexity index is 263. The van der Waals surface area contributed by atoms with Gasteiger partial charge in [0.1, 0.15) is 5.60 Å². The molecule has 0 aromatic heterocycles. The van der Waals surface area contributed by atoms with Crippen LogP contribution in [0.4, 0.5) is 0 Å². The van der Waals surface area contributed by atoms with Crippen molar-refractivity contribution in [3.05, 3.63) is 11.6 Å². The molecule has 0 fully saturated rings. The Kier molecular flexibility index (Phi) is 5.24. The molecule has 2 nitrogen and oxygen atoms in total. The Morgan fingerprint density at radius 3 is 2.00 bits per heavy atom. The van der Waals surface area contributed by atoms with Crippen molar-refractivity contribution in [1.82, 2.24) is 0 Å². The Morgan fingerprint density at radius 2 is 1.62 bits per heavy atom. The van der Waals surface area contributed by atoms with Gasteiger partial charge in [0.25, 0.3) is 0 Å². The molecule has 0 aliphatic rings. The molecule has 0 aromatic carbocycles. The number of hydrogen-bond donors (Lipinski definition) is 0. The van der Waals surface area contributed by atoms with E-state index in [0.29, 0.717) is 0 Å². The van der Waals surface area contributed by atoms with E-state index in [1.165, 1.54) is 5.57 Å². The zero-order chi connectivity index (χ0) is 13.0. The van der Waals surface area contributed by atoms with Crippen LogP contribution >= 0.6 is 0 Å². The van der Waals surface area contributed by atoms with Gasteiger partial charge in [0.15, 0.2) is 0 Å². The van der Waals surface area contributed by atoms with Crippen molar-refractivity contribution in [3.63, 3.8) is 0 Å². The molecule has 0 bridgehead atoms. The highest BCUT2D eigenvalue weighted by molar-refractivity contribution is 5.76. The molecule has 0 rings (SSSR count). The van der Waals surface area contributed by atoms with Crippen molar-refractivity contribution in [3.8, 4) is 0 Å². The molecule has 0 radical (unpaired) electrons. The molecule has 0 saturated heterocycles. The largest absolute Gasteiger partial charge is 0.460 e. The van der Waals surface area contributed by atoms with Gasteiger partial charge >= 0.3 is 5.97 Å². The summed E-state index contributed by atoms with van der Waals surface area (Å²) >= 11 is 0. The van der Waals surface area contributed by atoms with Crippen LogP contribution in [-0.4, -0.2) is 11.6 Å². The molecule has 0 unspecified atom stereocenters. The van der Waals surface area contributed by atoms with Gasteiger partial charge in [-0.1, -0.05) is 11.6 Å². The monoisotopic (exact) mass is 226 g/mol. The standard InChI is InChI=1S/C14H26O2/c1-11(2)9-8-10-14(6,7)12(15)16-13(3,4)5/h9H,8,10H2,1-7H3. The quantitative estimate of drug-likeness (QED) is 0.533. The van der Waals surface area contributed by atoms with Gasteiger partial charge in [-0.25, -0.2) is 0 Å². The lowest BCUT2D eigenvalue weighted by molar-refractivity contribution is -0.166. The maximum Gasteiger partial charge on any atom is 0.312 e. The van der Waals surface area contributed by atoms with Crippen LogP contribution in [-0.2, 0) is 9.53 Å². The summed E-state index contributed by atoms with van der Waals surface area (Å²) in [6.07, 6.45) is 3.91. The van der Waals surface area contributed by atoms with Crippen LogP contribution in [0.3, 0.4) is 0 Å². The highest BCUT2D eigenvalue weighted by Crippen LogP contribution is 2.27. The van der Waals surface area contributed by atoms with Gasteiger partial charge in [0.05, 0.1) is 5.41 Å². The third kappa shape index (κ3) is 6.65. The van der Waals surface area contributed by atoms with Gasteiger partial charge in [-0.2, -0.15) is 0 Å². The molecular formula is C14H26O2. The smallest absolute Gasteiger partial charge is 0.312 e. The zero-order valence-electron chi connectivity index (χ0n) is 11.8. The number of hydrogen-bond acceptors (Lipinski definition) is 2. The van der Waals surface area contributed by atoms with Crippen LogP contribution in [0.1, 0.15) is 61.3 Å². The van der Waals surface area contributed by atoms with E-state index in [1.807, 2.05) is 34.6 Å². The highest BCUT2D eigenvalue weighted by atomic mass is 16.6.